The van der Waals surface area contributed by atoms with Gasteiger partial charge in [0, 0.05) is 88.0 Å². The number of rotatable bonds is 4. The minimum atomic E-state index is -0.415. The van der Waals surface area contributed by atoms with Gasteiger partial charge in [-0.2, -0.15) is 0 Å². The number of carbonyl (C=O) groups is 1. The van der Waals surface area contributed by atoms with Crippen LogP contribution in [0.3, 0.4) is 0 Å². The van der Waals surface area contributed by atoms with Crippen molar-refractivity contribution in [2.24, 2.45) is 0 Å². The predicted molar refractivity (Wildman–Crippen MR) is 119 cm³/mol. The van der Waals surface area contributed by atoms with Crippen LogP contribution < -0.4 is 9.80 Å². The van der Waals surface area contributed by atoms with Crippen molar-refractivity contribution >= 4 is 28.8 Å². The molecule has 0 aliphatic carbocycles. The highest BCUT2D eigenvalue weighted by molar-refractivity contribution is 5.75. The number of anilines is 2. The summed E-state index contributed by atoms with van der Waals surface area (Å²) in [4.78, 5) is 41.7. The fourth-order valence-corrected chi connectivity index (χ4v) is 4.08. The third-order valence-corrected chi connectivity index (χ3v) is 5.95. The second-order valence-electron chi connectivity index (χ2n) is 7.78. The summed E-state index contributed by atoms with van der Waals surface area (Å²) in [6, 6.07) is 13.0. The van der Waals surface area contributed by atoms with Gasteiger partial charge < -0.3 is 19.6 Å². The molecule has 0 atom stereocenters. The number of piperazine rings is 2. The van der Waals surface area contributed by atoms with E-state index in [0.29, 0.717) is 52.4 Å². The van der Waals surface area contributed by atoms with Crippen LogP contribution in [0.2, 0.25) is 0 Å². The van der Waals surface area contributed by atoms with Gasteiger partial charge >= 0.3 is 6.03 Å². The first-order chi connectivity index (χ1) is 15.4. The maximum atomic E-state index is 12.9. The first-order valence-electron chi connectivity index (χ1n) is 10.4. The lowest BCUT2D eigenvalue weighted by Gasteiger charge is -2.41. The SMILES string of the molecule is O=C(N1CCN(c2ccc([N+](=O)[O-])cc2)CC1)N1CCN(c2ccc([N+](=O)[O-])cc2)CC1. The summed E-state index contributed by atoms with van der Waals surface area (Å²) in [6.07, 6.45) is 0. The number of non-ortho nitro benzene ring substituents is 2. The Morgan fingerprint density at radius 2 is 0.906 bits per heavy atom. The molecule has 2 aliphatic heterocycles. The molecule has 0 radical (unpaired) electrons. The molecule has 0 saturated carbocycles. The number of amides is 2. The Hall–Kier alpha value is -3.89. The number of urea groups is 1. The van der Waals surface area contributed by atoms with Crippen LogP contribution in [-0.2, 0) is 0 Å². The molecule has 2 fully saturated rings. The summed E-state index contributed by atoms with van der Waals surface area (Å²) < 4.78 is 0. The first-order valence-corrected chi connectivity index (χ1v) is 10.4. The Balaban J connectivity index is 1.27. The van der Waals surface area contributed by atoms with Crippen LogP contribution in [0.5, 0.6) is 0 Å². The fraction of sp³-hybridized carbons (Fsp3) is 0.381. The normalized spacial score (nSPS) is 16.8. The molecule has 4 rings (SSSR count). The molecule has 0 N–H and O–H groups in total. The molecule has 0 spiro atoms. The Bertz CT molecular complexity index is 901. The van der Waals surface area contributed by atoms with E-state index in [0.717, 1.165) is 11.4 Å². The molecule has 11 nitrogen and oxygen atoms in total. The van der Waals surface area contributed by atoms with Gasteiger partial charge in [-0.1, -0.05) is 0 Å². The lowest BCUT2D eigenvalue weighted by Crippen LogP contribution is -2.57. The van der Waals surface area contributed by atoms with Crippen LogP contribution in [0.4, 0.5) is 27.5 Å². The van der Waals surface area contributed by atoms with Crippen LogP contribution in [0.1, 0.15) is 0 Å². The van der Waals surface area contributed by atoms with Gasteiger partial charge in [0.15, 0.2) is 0 Å². The van der Waals surface area contributed by atoms with E-state index in [1.807, 2.05) is 9.80 Å². The van der Waals surface area contributed by atoms with Crippen molar-refractivity contribution in [1.82, 2.24) is 9.80 Å². The van der Waals surface area contributed by atoms with Gasteiger partial charge in [-0.25, -0.2) is 4.79 Å². The van der Waals surface area contributed by atoms with E-state index in [4.69, 9.17) is 0 Å². The minimum Gasteiger partial charge on any atom is -0.368 e. The number of hydrogen-bond acceptors (Lipinski definition) is 7. The molecule has 0 bridgehead atoms. The van der Waals surface area contributed by atoms with E-state index in [-0.39, 0.29) is 17.4 Å². The number of nitro groups is 2. The monoisotopic (exact) mass is 440 g/mol. The zero-order chi connectivity index (χ0) is 22.7. The number of nitrogens with zero attached hydrogens (tertiary/aromatic N) is 6. The van der Waals surface area contributed by atoms with Crippen LogP contribution in [0, 0.1) is 20.2 Å². The molecule has 2 aromatic carbocycles. The van der Waals surface area contributed by atoms with E-state index in [2.05, 4.69) is 9.80 Å². The summed E-state index contributed by atoms with van der Waals surface area (Å²) in [5.41, 5.74) is 1.96. The van der Waals surface area contributed by atoms with Crippen molar-refractivity contribution in [2.45, 2.75) is 0 Å². The summed E-state index contributed by atoms with van der Waals surface area (Å²) in [5, 5.41) is 21.6. The summed E-state index contributed by atoms with van der Waals surface area (Å²) >= 11 is 0. The molecule has 2 saturated heterocycles. The highest BCUT2D eigenvalue weighted by atomic mass is 16.6. The topological polar surface area (TPSA) is 116 Å². The molecule has 0 unspecified atom stereocenters. The van der Waals surface area contributed by atoms with Gasteiger partial charge in [-0.15, -0.1) is 0 Å². The average Bonchev–Trinajstić information content (AvgIpc) is 2.84. The third-order valence-electron chi connectivity index (χ3n) is 5.95. The van der Waals surface area contributed by atoms with Crippen molar-refractivity contribution in [2.75, 3.05) is 62.2 Å². The van der Waals surface area contributed by atoms with Crippen LogP contribution >= 0.6 is 0 Å². The van der Waals surface area contributed by atoms with Gasteiger partial charge in [0.1, 0.15) is 0 Å². The van der Waals surface area contributed by atoms with Crippen LogP contribution in [0.15, 0.2) is 48.5 Å². The molecule has 2 amide bonds. The number of carbonyl (C=O) groups excluding carboxylic acids is 1. The zero-order valence-corrected chi connectivity index (χ0v) is 17.5. The third kappa shape index (κ3) is 4.56. The van der Waals surface area contributed by atoms with Gasteiger partial charge in [0.2, 0.25) is 0 Å². The smallest absolute Gasteiger partial charge is 0.320 e. The van der Waals surface area contributed by atoms with E-state index in [1.54, 1.807) is 24.3 Å². The molecular formula is C21H24N6O5. The highest BCUT2D eigenvalue weighted by Crippen LogP contribution is 2.23. The Morgan fingerprint density at radius 3 is 1.19 bits per heavy atom. The molecule has 2 aromatic rings. The Kier molecular flexibility index (Phi) is 6.06. The summed E-state index contributed by atoms with van der Waals surface area (Å²) in [6.45, 7) is 5.07. The highest BCUT2D eigenvalue weighted by Gasteiger charge is 2.28. The standard InChI is InChI=1S/C21H24N6O5/c28-21(24-13-9-22(10-14-24)17-1-5-19(6-2-17)26(29)30)25-15-11-23(12-16-25)18-3-7-20(8-4-18)27(31)32/h1-8H,9-16H2. The lowest BCUT2D eigenvalue weighted by atomic mass is 10.2. The van der Waals surface area contributed by atoms with Crippen molar-refractivity contribution in [3.8, 4) is 0 Å². The van der Waals surface area contributed by atoms with Crippen molar-refractivity contribution in [3.63, 3.8) is 0 Å². The zero-order valence-electron chi connectivity index (χ0n) is 17.5. The molecule has 168 valence electrons. The maximum Gasteiger partial charge on any atom is 0.320 e. The predicted octanol–water partition coefficient (Wildman–Crippen LogP) is 2.57. The van der Waals surface area contributed by atoms with Crippen molar-refractivity contribution < 1.29 is 14.6 Å². The van der Waals surface area contributed by atoms with E-state index >= 15 is 0 Å². The van der Waals surface area contributed by atoms with E-state index in [1.165, 1.54) is 24.3 Å². The molecular weight excluding hydrogens is 416 g/mol. The Morgan fingerprint density at radius 1 is 0.594 bits per heavy atom. The van der Waals surface area contributed by atoms with E-state index < -0.39 is 9.85 Å². The molecule has 0 aromatic heterocycles. The molecule has 32 heavy (non-hydrogen) atoms. The summed E-state index contributed by atoms with van der Waals surface area (Å²) in [7, 11) is 0. The lowest BCUT2D eigenvalue weighted by molar-refractivity contribution is -0.385. The number of nitro benzene ring substituents is 2. The van der Waals surface area contributed by atoms with Gasteiger partial charge in [-0.3, -0.25) is 20.2 Å². The molecule has 2 heterocycles. The molecule has 2 aliphatic rings. The maximum absolute atomic E-state index is 12.9. The van der Waals surface area contributed by atoms with Gasteiger partial charge in [-0.05, 0) is 24.3 Å². The van der Waals surface area contributed by atoms with Crippen LogP contribution in [0.25, 0.3) is 0 Å². The van der Waals surface area contributed by atoms with Crippen molar-refractivity contribution in [3.05, 3.63) is 68.8 Å². The number of hydrogen-bond donors (Lipinski definition) is 0. The second kappa shape index (κ2) is 9.08. The van der Waals surface area contributed by atoms with Gasteiger partial charge in [0.05, 0.1) is 9.85 Å². The Labute approximate surface area is 184 Å². The quantitative estimate of drug-likeness (QED) is 0.530. The van der Waals surface area contributed by atoms with Crippen molar-refractivity contribution in [1.29, 1.82) is 0 Å². The van der Waals surface area contributed by atoms with E-state index in [9.17, 15) is 25.0 Å². The second-order valence-corrected chi connectivity index (χ2v) is 7.78. The fourth-order valence-electron chi connectivity index (χ4n) is 4.08. The minimum absolute atomic E-state index is 0.0247. The first kappa shape index (κ1) is 21.3. The largest absolute Gasteiger partial charge is 0.368 e. The molecule has 11 heteroatoms. The number of benzene rings is 2. The average molecular weight is 440 g/mol. The summed E-state index contributed by atoms with van der Waals surface area (Å²) in [5.74, 6) is 0. The van der Waals surface area contributed by atoms with Gasteiger partial charge in [0.25, 0.3) is 11.4 Å². The van der Waals surface area contributed by atoms with Crippen LogP contribution in [-0.4, -0.2) is 78.0 Å².